The van der Waals surface area contributed by atoms with Crippen molar-refractivity contribution in [3.05, 3.63) is 48.2 Å². The van der Waals surface area contributed by atoms with E-state index in [-0.39, 0.29) is 11.3 Å². The van der Waals surface area contributed by atoms with Gasteiger partial charge < -0.3 is 14.5 Å². The smallest absolute Gasteiger partial charge is 0.227 e. The van der Waals surface area contributed by atoms with E-state index in [1.54, 1.807) is 0 Å². The number of aromatic nitrogens is 4. The van der Waals surface area contributed by atoms with Crippen molar-refractivity contribution in [3.8, 4) is 0 Å². The topological polar surface area (TPSA) is 66.8 Å². The van der Waals surface area contributed by atoms with E-state index in [0.29, 0.717) is 12.3 Å². The maximum absolute atomic E-state index is 13.2. The second-order valence-electron chi connectivity index (χ2n) is 8.46. The summed E-state index contributed by atoms with van der Waals surface area (Å²) in [6, 6.07) is 8.18. The normalized spacial score (nSPS) is 20.8. The van der Waals surface area contributed by atoms with Gasteiger partial charge >= 0.3 is 0 Å². The number of H-pyrrole nitrogens is 1. The Kier molecular flexibility index (Phi) is 4.22. The van der Waals surface area contributed by atoms with E-state index in [0.717, 1.165) is 48.3 Å². The lowest BCUT2D eigenvalue weighted by atomic mass is 9.62. The van der Waals surface area contributed by atoms with Crippen LogP contribution < -0.4 is 0 Å². The Morgan fingerprint density at radius 1 is 1.32 bits per heavy atom. The average Bonchev–Trinajstić information content (AvgIpc) is 3.38. The number of likely N-dealkylation sites (tertiary alicyclic amines) is 1. The molecular weight excluding hydrogens is 350 g/mol. The van der Waals surface area contributed by atoms with Gasteiger partial charge in [0.05, 0.1) is 6.42 Å². The molecule has 1 spiro atoms. The summed E-state index contributed by atoms with van der Waals surface area (Å²) in [6.45, 7) is 4.74. The molecule has 1 saturated carbocycles. The number of aryl methyl sites for hydroxylation is 1. The second kappa shape index (κ2) is 6.76. The molecule has 5 rings (SSSR count). The minimum Gasteiger partial charge on any atom is -0.361 e. The fourth-order valence-corrected chi connectivity index (χ4v) is 5.15. The predicted octanol–water partition coefficient (Wildman–Crippen LogP) is 3.51. The lowest BCUT2D eigenvalue weighted by Crippen LogP contribution is -2.38. The average molecular weight is 377 g/mol. The molecule has 2 fully saturated rings. The van der Waals surface area contributed by atoms with Gasteiger partial charge in [-0.3, -0.25) is 4.79 Å². The monoisotopic (exact) mass is 377 g/mol. The fraction of sp³-hybridized carbons (Fsp3) is 0.500. The lowest BCUT2D eigenvalue weighted by Gasteiger charge is -2.42. The number of benzene rings is 1. The quantitative estimate of drug-likeness (QED) is 0.740. The third-order valence-electron chi connectivity index (χ3n) is 6.79. The molecule has 28 heavy (non-hydrogen) atoms. The minimum atomic E-state index is 0.203. The van der Waals surface area contributed by atoms with Crippen molar-refractivity contribution in [2.75, 3.05) is 13.1 Å². The molecule has 3 aromatic rings. The summed E-state index contributed by atoms with van der Waals surface area (Å²) in [6.07, 6.45) is 8.97. The molecule has 1 unspecified atom stereocenters. The third-order valence-corrected chi connectivity index (χ3v) is 6.79. The molecule has 146 valence electrons. The summed E-state index contributed by atoms with van der Waals surface area (Å²) in [5.41, 5.74) is 2.38. The number of rotatable bonds is 5. The number of nitrogens with one attached hydrogen (secondary N) is 1. The van der Waals surface area contributed by atoms with Crippen LogP contribution in [0.25, 0.3) is 10.9 Å². The third kappa shape index (κ3) is 2.74. The van der Waals surface area contributed by atoms with E-state index in [9.17, 15) is 4.79 Å². The van der Waals surface area contributed by atoms with Gasteiger partial charge in [-0.2, -0.15) is 0 Å². The predicted molar refractivity (Wildman–Crippen MR) is 108 cm³/mol. The minimum absolute atomic E-state index is 0.203. The molecular formula is C22H27N5O. The van der Waals surface area contributed by atoms with Crippen LogP contribution in [-0.4, -0.2) is 43.6 Å². The highest BCUT2D eigenvalue weighted by Crippen LogP contribution is 2.55. The van der Waals surface area contributed by atoms with Crippen molar-refractivity contribution in [1.82, 2.24) is 24.6 Å². The molecule has 1 aliphatic heterocycles. The van der Waals surface area contributed by atoms with Crippen LogP contribution in [0.2, 0.25) is 0 Å². The van der Waals surface area contributed by atoms with Crippen LogP contribution in [0, 0.1) is 5.41 Å². The lowest BCUT2D eigenvalue weighted by molar-refractivity contribution is -0.130. The highest BCUT2D eigenvalue weighted by Gasteiger charge is 2.53. The van der Waals surface area contributed by atoms with Crippen molar-refractivity contribution in [2.24, 2.45) is 5.41 Å². The van der Waals surface area contributed by atoms with Crippen molar-refractivity contribution in [2.45, 2.75) is 51.5 Å². The Morgan fingerprint density at radius 3 is 2.96 bits per heavy atom. The van der Waals surface area contributed by atoms with Crippen LogP contribution >= 0.6 is 0 Å². The van der Waals surface area contributed by atoms with Crippen molar-refractivity contribution < 1.29 is 4.79 Å². The van der Waals surface area contributed by atoms with E-state index in [1.807, 2.05) is 24.7 Å². The Balaban J connectivity index is 1.38. The Labute approximate surface area is 164 Å². The van der Waals surface area contributed by atoms with E-state index in [2.05, 4.69) is 43.7 Å². The standard InChI is InChI=1S/C22H27N5O/c1-2-10-26-15-24-25-21(26)18-13-27(14-22(18)8-5-9-22)20(28)11-16-12-23-19-7-4-3-6-17(16)19/h3-4,6-7,12,15,18,23H,2,5,8-11,13-14H2,1H3. The molecule has 3 heterocycles. The first kappa shape index (κ1) is 17.5. The van der Waals surface area contributed by atoms with Crippen LogP contribution in [0.3, 0.4) is 0 Å². The van der Waals surface area contributed by atoms with Crippen LogP contribution in [0.4, 0.5) is 0 Å². The first-order valence-corrected chi connectivity index (χ1v) is 10.4. The number of amides is 1. The number of fused-ring (bicyclic) bond motifs is 1. The molecule has 1 aliphatic carbocycles. The highest BCUT2D eigenvalue weighted by atomic mass is 16.2. The molecule has 2 aromatic heterocycles. The molecule has 6 nitrogen and oxygen atoms in total. The zero-order valence-corrected chi connectivity index (χ0v) is 16.4. The molecule has 0 radical (unpaired) electrons. The van der Waals surface area contributed by atoms with Gasteiger partial charge in [0.25, 0.3) is 0 Å². The van der Waals surface area contributed by atoms with E-state index >= 15 is 0 Å². The summed E-state index contributed by atoms with van der Waals surface area (Å²) in [5, 5.41) is 9.80. The van der Waals surface area contributed by atoms with Crippen molar-refractivity contribution in [3.63, 3.8) is 0 Å². The van der Waals surface area contributed by atoms with Gasteiger partial charge in [-0.05, 0) is 36.3 Å². The number of para-hydroxylation sites is 1. The zero-order chi connectivity index (χ0) is 19.1. The highest BCUT2D eigenvalue weighted by molar-refractivity contribution is 5.89. The Morgan fingerprint density at radius 2 is 2.18 bits per heavy atom. The van der Waals surface area contributed by atoms with Crippen LogP contribution in [-0.2, 0) is 17.8 Å². The van der Waals surface area contributed by atoms with Crippen LogP contribution in [0.15, 0.2) is 36.8 Å². The first-order valence-electron chi connectivity index (χ1n) is 10.4. The maximum atomic E-state index is 13.2. The van der Waals surface area contributed by atoms with Crippen LogP contribution in [0.5, 0.6) is 0 Å². The summed E-state index contributed by atoms with van der Waals surface area (Å²) >= 11 is 0. The van der Waals surface area contributed by atoms with Gasteiger partial charge in [-0.25, -0.2) is 0 Å². The number of nitrogens with zero attached hydrogens (tertiary/aromatic N) is 4. The molecule has 1 amide bonds. The number of carbonyl (C=O) groups excluding carboxylic acids is 1. The first-order chi connectivity index (χ1) is 13.7. The molecule has 6 heteroatoms. The van der Waals surface area contributed by atoms with Gasteiger partial charge in [0.2, 0.25) is 5.91 Å². The summed E-state index contributed by atoms with van der Waals surface area (Å²) in [4.78, 5) is 18.5. The van der Waals surface area contributed by atoms with Gasteiger partial charge in [0, 0.05) is 42.7 Å². The molecule has 1 N–H and O–H groups in total. The largest absolute Gasteiger partial charge is 0.361 e. The van der Waals surface area contributed by atoms with Gasteiger partial charge in [0.15, 0.2) is 0 Å². The maximum Gasteiger partial charge on any atom is 0.227 e. The van der Waals surface area contributed by atoms with Gasteiger partial charge in [-0.1, -0.05) is 31.5 Å². The van der Waals surface area contributed by atoms with E-state index < -0.39 is 0 Å². The van der Waals surface area contributed by atoms with Crippen molar-refractivity contribution >= 4 is 16.8 Å². The van der Waals surface area contributed by atoms with E-state index in [1.165, 1.54) is 19.3 Å². The summed E-state index contributed by atoms with van der Waals surface area (Å²) in [7, 11) is 0. The second-order valence-corrected chi connectivity index (χ2v) is 8.46. The SMILES string of the molecule is CCCn1cnnc1C1CN(C(=O)Cc2c[nH]c3ccccc23)CC12CCC2. The number of carbonyl (C=O) groups is 1. The van der Waals surface area contributed by atoms with Gasteiger partial charge in [-0.15, -0.1) is 10.2 Å². The number of aromatic amines is 1. The summed E-state index contributed by atoms with van der Waals surface area (Å²) < 4.78 is 2.19. The number of hydrogen-bond acceptors (Lipinski definition) is 3. The fourth-order valence-electron chi connectivity index (χ4n) is 5.15. The molecule has 1 atom stereocenters. The Bertz CT molecular complexity index is 999. The summed E-state index contributed by atoms with van der Waals surface area (Å²) in [5.74, 6) is 1.60. The number of hydrogen-bond donors (Lipinski definition) is 1. The molecule has 1 saturated heterocycles. The molecule has 2 aliphatic rings. The molecule has 1 aromatic carbocycles. The van der Waals surface area contributed by atoms with Crippen LogP contribution in [0.1, 0.15) is 49.9 Å². The Hall–Kier alpha value is -2.63. The van der Waals surface area contributed by atoms with Crippen molar-refractivity contribution in [1.29, 1.82) is 0 Å². The van der Waals surface area contributed by atoms with E-state index in [4.69, 9.17) is 0 Å². The van der Waals surface area contributed by atoms with Gasteiger partial charge in [0.1, 0.15) is 12.2 Å². The molecule has 0 bridgehead atoms. The zero-order valence-electron chi connectivity index (χ0n) is 16.4.